The topological polar surface area (TPSA) is 56.7 Å². The van der Waals surface area contributed by atoms with Crippen LogP contribution < -0.4 is 5.73 Å². The van der Waals surface area contributed by atoms with Crippen LogP contribution in [0.4, 0.5) is 5.82 Å². The molecular weight excluding hydrogens is 212 g/mol. The van der Waals surface area contributed by atoms with Gasteiger partial charge in [-0.3, -0.25) is 0 Å². The molecule has 0 aliphatic carbocycles. The van der Waals surface area contributed by atoms with E-state index in [1.807, 2.05) is 16.8 Å². The van der Waals surface area contributed by atoms with Crippen LogP contribution in [0.3, 0.4) is 0 Å². The lowest BCUT2D eigenvalue weighted by atomic mass is 10.1. The fourth-order valence-electron chi connectivity index (χ4n) is 2.04. The lowest BCUT2D eigenvalue weighted by Gasteiger charge is -2.12. The van der Waals surface area contributed by atoms with Crippen molar-refractivity contribution in [2.75, 3.05) is 5.73 Å². The molecule has 17 heavy (non-hydrogen) atoms. The van der Waals surface area contributed by atoms with Crippen LogP contribution in [0, 0.1) is 0 Å². The van der Waals surface area contributed by atoms with Gasteiger partial charge in [0.1, 0.15) is 0 Å². The van der Waals surface area contributed by atoms with E-state index in [4.69, 9.17) is 5.73 Å². The first-order chi connectivity index (χ1) is 8.15. The van der Waals surface area contributed by atoms with E-state index in [0.717, 1.165) is 17.8 Å². The standard InChI is InChI=1S/C13H18N4/c1-4-10-7-5-6-8-11(10)17-12(9(2)3)13(14)15-16-17/h5-9H,4,14H2,1-3H3. The largest absolute Gasteiger partial charge is 0.381 e. The number of rotatable bonds is 3. The quantitative estimate of drug-likeness (QED) is 0.881. The van der Waals surface area contributed by atoms with Crippen molar-refractivity contribution >= 4 is 5.82 Å². The summed E-state index contributed by atoms with van der Waals surface area (Å²) in [5.74, 6) is 0.820. The number of hydrogen-bond donors (Lipinski definition) is 1. The molecule has 0 amide bonds. The summed E-state index contributed by atoms with van der Waals surface area (Å²) in [5.41, 5.74) is 9.18. The zero-order valence-electron chi connectivity index (χ0n) is 10.5. The molecule has 2 rings (SSSR count). The molecule has 0 saturated carbocycles. The van der Waals surface area contributed by atoms with Crippen LogP contribution >= 0.6 is 0 Å². The molecule has 0 aliphatic heterocycles. The summed E-state index contributed by atoms with van der Waals surface area (Å²) in [6, 6.07) is 8.21. The molecule has 90 valence electrons. The molecule has 0 aliphatic rings. The molecule has 0 saturated heterocycles. The van der Waals surface area contributed by atoms with Crippen LogP contribution in [0.25, 0.3) is 5.69 Å². The zero-order chi connectivity index (χ0) is 12.4. The Kier molecular flexibility index (Phi) is 3.13. The molecule has 4 heteroatoms. The second-order valence-corrected chi connectivity index (χ2v) is 4.41. The lowest BCUT2D eigenvalue weighted by Crippen LogP contribution is -2.07. The average molecular weight is 230 g/mol. The van der Waals surface area contributed by atoms with Gasteiger partial charge in [0.25, 0.3) is 0 Å². The van der Waals surface area contributed by atoms with Crippen LogP contribution in [0.1, 0.15) is 37.9 Å². The van der Waals surface area contributed by atoms with Crippen LogP contribution in [0.2, 0.25) is 0 Å². The van der Waals surface area contributed by atoms with E-state index in [9.17, 15) is 0 Å². The number of nitrogen functional groups attached to an aromatic ring is 1. The molecule has 0 spiro atoms. The summed E-state index contributed by atoms with van der Waals surface area (Å²) in [6.45, 7) is 6.33. The molecule has 0 radical (unpaired) electrons. The maximum Gasteiger partial charge on any atom is 0.169 e. The fourth-order valence-corrected chi connectivity index (χ4v) is 2.04. The number of anilines is 1. The predicted octanol–water partition coefficient (Wildman–Crippen LogP) is 2.54. The van der Waals surface area contributed by atoms with Crippen molar-refractivity contribution in [2.45, 2.75) is 33.1 Å². The van der Waals surface area contributed by atoms with Gasteiger partial charge in [-0.05, 0) is 24.0 Å². The van der Waals surface area contributed by atoms with Crippen molar-refractivity contribution in [1.82, 2.24) is 15.0 Å². The third kappa shape index (κ3) is 2.02. The normalized spacial score (nSPS) is 11.1. The zero-order valence-corrected chi connectivity index (χ0v) is 10.5. The number of hydrogen-bond acceptors (Lipinski definition) is 3. The number of nitrogens with two attached hydrogens (primary N) is 1. The SMILES string of the molecule is CCc1ccccc1-n1nnc(N)c1C(C)C. The minimum Gasteiger partial charge on any atom is -0.381 e. The number of aromatic nitrogens is 3. The van der Waals surface area contributed by atoms with Gasteiger partial charge in [-0.15, -0.1) is 5.10 Å². The lowest BCUT2D eigenvalue weighted by molar-refractivity contribution is 0.711. The van der Waals surface area contributed by atoms with Crippen molar-refractivity contribution < 1.29 is 0 Å². The van der Waals surface area contributed by atoms with Crippen molar-refractivity contribution in [1.29, 1.82) is 0 Å². The highest BCUT2D eigenvalue weighted by atomic mass is 15.4. The maximum absolute atomic E-state index is 5.88. The van der Waals surface area contributed by atoms with Crippen LogP contribution in [-0.4, -0.2) is 15.0 Å². The average Bonchev–Trinajstić information content (AvgIpc) is 2.71. The highest BCUT2D eigenvalue weighted by molar-refractivity contribution is 5.46. The second-order valence-electron chi connectivity index (χ2n) is 4.41. The Balaban J connectivity index is 2.60. The molecule has 2 aromatic rings. The first-order valence-corrected chi connectivity index (χ1v) is 5.94. The maximum atomic E-state index is 5.88. The van der Waals surface area contributed by atoms with Crippen molar-refractivity contribution in [3.05, 3.63) is 35.5 Å². The van der Waals surface area contributed by atoms with Gasteiger partial charge in [0.15, 0.2) is 5.82 Å². The van der Waals surface area contributed by atoms with E-state index in [1.54, 1.807) is 0 Å². The van der Waals surface area contributed by atoms with Crippen LogP contribution in [0.5, 0.6) is 0 Å². The molecule has 4 nitrogen and oxygen atoms in total. The van der Waals surface area contributed by atoms with Crippen molar-refractivity contribution in [3.8, 4) is 5.69 Å². The van der Waals surface area contributed by atoms with Gasteiger partial charge in [-0.2, -0.15) is 0 Å². The van der Waals surface area contributed by atoms with Crippen LogP contribution in [0.15, 0.2) is 24.3 Å². The van der Waals surface area contributed by atoms with Gasteiger partial charge in [0.2, 0.25) is 0 Å². The van der Waals surface area contributed by atoms with E-state index < -0.39 is 0 Å². The Labute approximate surface area is 101 Å². The summed E-state index contributed by atoms with van der Waals surface area (Å²) in [4.78, 5) is 0. The third-order valence-corrected chi connectivity index (χ3v) is 2.88. The van der Waals surface area contributed by atoms with Gasteiger partial charge in [0.05, 0.1) is 11.4 Å². The summed E-state index contributed by atoms with van der Waals surface area (Å²) in [5, 5.41) is 8.14. The summed E-state index contributed by atoms with van der Waals surface area (Å²) >= 11 is 0. The van der Waals surface area contributed by atoms with Gasteiger partial charge >= 0.3 is 0 Å². The Morgan fingerprint density at radius 1 is 1.29 bits per heavy atom. The van der Waals surface area contributed by atoms with E-state index in [0.29, 0.717) is 11.7 Å². The van der Waals surface area contributed by atoms with E-state index in [-0.39, 0.29) is 0 Å². The summed E-state index contributed by atoms with van der Waals surface area (Å²) in [6.07, 6.45) is 0.966. The smallest absolute Gasteiger partial charge is 0.169 e. The molecule has 1 aromatic carbocycles. The molecule has 0 fully saturated rings. The van der Waals surface area contributed by atoms with Crippen molar-refractivity contribution in [2.24, 2.45) is 0 Å². The molecule has 1 heterocycles. The highest BCUT2D eigenvalue weighted by Gasteiger charge is 2.16. The summed E-state index contributed by atoms with van der Waals surface area (Å²) < 4.78 is 1.86. The fraction of sp³-hybridized carbons (Fsp3) is 0.385. The molecule has 2 N–H and O–H groups in total. The van der Waals surface area contributed by atoms with E-state index >= 15 is 0 Å². The Bertz CT molecular complexity index is 514. The number of aryl methyl sites for hydroxylation is 1. The molecule has 0 unspecified atom stereocenters. The first-order valence-electron chi connectivity index (χ1n) is 5.94. The third-order valence-electron chi connectivity index (χ3n) is 2.88. The first kappa shape index (κ1) is 11.6. The Hall–Kier alpha value is -1.84. The Morgan fingerprint density at radius 2 is 2.00 bits per heavy atom. The monoisotopic (exact) mass is 230 g/mol. The van der Waals surface area contributed by atoms with Gasteiger partial charge in [-0.25, -0.2) is 4.68 Å². The number of nitrogens with zero attached hydrogens (tertiary/aromatic N) is 3. The number of para-hydroxylation sites is 1. The number of benzene rings is 1. The van der Waals surface area contributed by atoms with E-state index in [1.165, 1.54) is 5.56 Å². The van der Waals surface area contributed by atoms with Gasteiger partial charge < -0.3 is 5.73 Å². The summed E-state index contributed by atoms with van der Waals surface area (Å²) in [7, 11) is 0. The predicted molar refractivity (Wildman–Crippen MR) is 69.2 cm³/mol. The van der Waals surface area contributed by atoms with E-state index in [2.05, 4.69) is 43.2 Å². The molecule has 1 aromatic heterocycles. The minimum atomic E-state index is 0.301. The van der Waals surface area contributed by atoms with Crippen molar-refractivity contribution in [3.63, 3.8) is 0 Å². The highest BCUT2D eigenvalue weighted by Crippen LogP contribution is 2.24. The molecular formula is C13H18N4. The minimum absolute atomic E-state index is 0.301. The molecule has 0 bridgehead atoms. The van der Waals surface area contributed by atoms with Gasteiger partial charge in [-0.1, -0.05) is 44.2 Å². The molecule has 0 atom stereocenters. The van der Waals surface area contributed by atoms with Gasteiger partial charge in [0, 0.05) is 0 Å². The Morgan fingerprint density at radius 3 is 2.65 bits per heavy atom. The second kappa shape index (κ2) is 4.57. The van der Waals surface area contributed by atoms with Crippen LogP contribution in [-0.2, 0) is 6.42 Å².